The summed E-state index contributed by atoms with van der Waals surface area (Å²) >= 11 is 3.47. The Morgan fingerprint density at radius 3 is 1.54 bits per heavy atom. The third kappa shape index (κ3) is 4.90. The topological polar surface area (TPSA) is 35.6 Å². The average molecular weight is 751 g/mol. The second kappa shape index (κ2) is 12.3. The molecule has 0 atom stereocenters. The largest absolute Gasteiger partial charge is 0.309 e. The molecule has 0 spiro atoms. The van der Waals surface area contributed by atoms with Crippen LogP contribution in [0.25, 0.3) is 108 Å². The van der Waals surface area contributed by atoms with Gasteiger partial charge in [0.15, 0.2) is 5.13 Å². The lowest BCUT2D eigenvalue weighted by atomic mass is 10.0. The molecule has 0 N–H and O–H groups in total. The molecule has 0 radical (unpaired) electrons. The fourth-order valence-corrected chi connectivity index (χ4v) is 10.4. The maximum atomic E-state index is 5.19. The molecule has 0 saturated heterocycles. The van der Waals surface area contributed by atoms with Gasteiger partial charge in [0.25, 0.3) is 0 Å². The lowest BCUT2D eigenvalue weighted by Gasteiger charge is -2.08. The Balaban J connectivity index is 0.934. The van der Waals surface area contributed by atoms with Crippen molar-refractivity contribution in [2.75, 3.05) is 0 Å². The van der Waals surface area contributed by atoms with Crippen LogP contribution in [-0.2, 0) is 0 Å². The highest BCUT2D eigenvalue weighted by Gasteiger charge is 2.18. The van der Waals surface area contributed by atoms with Crippen LogP contribution in [0.3, 0.4) is 0 Å². The van der Waals surface area contributed by atoms with Gasteiger partial charge in [-0.15, -0.1) is 11.3 Å². The number of aromatic nitrogens is 4. The molecule has 8 aromatic carbocycles. The number of rotatable bonds is 5. The molecule has 0 aliphatic rings. The van der Waals surface area contributed by atoms with Gasteiger partial charge >= 0.3 is 0 Å². The molecule has 12 aromatic rings. The lowest BCUT2D eigenvalue weighted by Crippen LogP contribution is -1.93. The van der Waals surface area contributed by atoms with Gasteiger partial charge in [-0.05, 0) is 95.1 Å². The first-order valence-electron chi connectivity index (χ1n) is 18.7. The summed E-state index contributed by atoms with van der Waals surface area (Å²) < 4.78 is 7.01. The average Bonchev–Trinajstić information content (AvgIpc) is 4.04. The summed E-state index contributed by atoms with van der Waals surface area (Å²) in [5.41, 5.74) is 13.8. The zero-order chi connectivity index (χ0) is 36.7. The van der Waals surface area contributed by atoms with E-state index in [1.807, 2.05) is 0 Å². The summed E-state index contributed by atoms with van der Waals surface area (Å²) in [4.78, 5) is 10.3. The molecule has 6 heteroatoms. The number of para-hydroxylation sites is 2. The van der Waals surface area contributed by atoms with Crippen LogP contribution >= 0.6 is 22.7 Å². The van der Waals surface area contributed by atoms with Crippen LogP contribution in [0.5, 0.6) is 0 Å². The van der Waals surface area contributed by atoms with Gasteiger partial charge in [0.2, 0.25) is 0 Å². The predicted octanol–water partition coefficient (Wildman–Crippen LogP) is 14.1. The SMILES string of the molecule is c1ccc(-c2ccc3c(c2)c2ccccc2n3-c2ccc3nc(-c4ccc5nc(-n6c7ccccc7c7cc(-c8ccccc8)ccc76)sc5c4)sc3c2)cc1. The van der Waals surface area contributed by atoms with Crippen molar-refractivity contribution in [3.63, 3.8) is 0 Å². The van der Waals surface area contributed by atoms with Crippen LogP contribution in [0.4, 0.5) is 0 Å². The third-order valence-corrected chi connectivity index (χ3v) is 13.1. The molecule has 0 aliphatic carbocycles. The maximum Gasteiger partial charge on any atom is 0.195 e. The number of thiazole rings is 2. The molecule has 0 bridgehead atoms. The molecule has 12 rings (SSSR count). The highest BCUT2D eigenvalue weighted by molar-refractivity contribution is 7.22. The quantitative estimate of drug-likeness (QED) is 0.176. The van der Waals surface area contributed by atoms with Gasteiger partial charge in [-0.3, -0.25) is 4.57 Å². The van der Waals surface area contributed by atoms with Crippen molar-refractivity contribution in [1.82, 2.24) is 19.1 Å². The minimum atomic E-state index is 0.965. The molecule has 4 heterocycles. The summed E-state index contributed by atoms with van der Waals surface area (Å²) in [5, 5.41) is 6.93. The first-order chi connectivity index (χ1) is 27.7. The van der Waals surface area contributed by atoms with Crippen molar-refractivity contribution in [1.29, 1.82) is 0 Å². The van der Waals surface area contributed by atoms with Gasteiger partial charge in [-0.2, -0.15) is 0 Å². The Morgan fingerprint density at radius 1 is 0.339 bits per heavy atom. The van der Waals surface area contributed by atoms with E-state index < -0.39 is 0 Å². The molecule has 0 saturated carbocycles. The van der Waals surface area contributed by atoms with Crippen molar-refractivity contribution in [2.45, 2.75) is 0 Å². The number of hydrogen-bond donors (Lipinski definition) is 0. The maximum absolute atomic E-state index is 5.19. The summed E-state index contributed by atoms with van der Waals surface area (Å²) in [6.45, 7) is 0. The molecule has 0 unspecified atom stereocenters. The molecular formula is C50H30N4S2. The standard InChI is InChI=1S/C50H30N4S2/c1-3-11-31(12-4-1)33-20-25-45-39(27-33)37-15-7-9-17-43(37)53(45)36-22-24-41-48(30-36)55-49(51-41)35-19-23-42-47(29-35)56-50(52-42)54-44-18-10-8-16-38(44)40-28-34(21-26-46(40)54)32-13-5-2-6-14-32/h1-30H. The number of benzene rings is 8. The van der Waals surface area contributed by atoms with E-state index >= 15 is 0 Å². The van der Waals surface area contributed by atoms with E-state index in [9.17, 15) is 0 Å². The van der Waals surface area contributed by atoms with Gasteiger partial charge in [0, 0.05) is 32.8 Å². The zero-order valence-corrected chi connectivity index (χ0v) is 31.6. The Labute approximate surface area is 329 Å². The molecular weight excluding hydrogens is 721 g/mol. The van der Waals surface area contributed by atoms with Crippen molar-refractivity contribution in [3.05, 3.63) is 182 Å². The van der Waals surface area contributed by atoms with Crippen molar-refractivity contribution in [3.8, 4) is 43.6 Å². The van der Waals surface area contributed by atoms with Crippen molar-refractivity contribution >= 4 is 86.7 Å². The van der Waals surface area contributed by atoms with E-state index in [0.29, 0.717) is 0 Å². The van der Waals surface area contributed by atoms with Crippen LogP contribution in [0, 0.1) is 0 Å². The first kappa shape index (κ1) is 31.5. The minimum absolute atomic E-state index is 0.965. The number of fused-ring (bicyclic) bond motifs is 8. The van der Waals surface area contributed by atoms with Crippen molar-refractivity contribution in [2.24, 2.45) is 0 Å². The van der Waals surface area contributed by atoms with Crippen LogP contribution in [0.1, 0.15) is 0 Å². The summed E-state index contributed by atoms with van der Waals surface area (Å²) in [6, 6.07) is 65.4. The van der Waals surface area contributed by atoms with Gasteiger partial charge in [-0.1, -0.05) is 121 Å². The van der Waals surface area contributed by atoms with Crippen LogP contribution in [0.15, 0.2) is 182 Å². The van der Waals surface area contributed by atoms with E-state index in [0.717, 1.165) is 52.9 Å². The normalized spacial score (nSPS) is 11.9. The zero-order valence-electron chi connectivity index (χ0n) is 29.9. The van der Waals surface area contributed by atoms with Gasteiger partial charge in [0.05, 0.1) is 42.5 Å². The van der Waals surface area contributed by atoms with Crippen LogP contribution < -0.4 is 0 Å². The second-order valence-corrected chi connectivity index (χ2v) is 16.3. The molecule has 0 amide bonds. The van der Waals surface area contributed by atoms with Gasteiger partial charge in [0.1, 0.15) is 5.01 Å². The van der Waals surface area contributed by atoms with Crippen molar-refractivity contribution < 1.29 is 0 Å². The molecule has 4 nitrogen and oxygen atoms in total. The Morgan fingerprint density at radius 2 is 0.857 bits per heavy atom. The minimum Gasteiger partial charge on any atom is -0.309 e. The molecule has 262 valence electrons. The second-order valence-electron chi connectivity index (χ2n) is 14.3. The predicted molar refractivity (Wildman–Crippen MR) is 238 cm³/mol. The Bertz CT molecular complexity index is 3320. The summed E-state index contributed by atoms with van der Waals surface area (Å²) in [5.74, 6) is 0. The molecule has 4 aromatic heterocycles. The van der Waals surface area contributed by atoms with Crippen LogP contribution in [-0.4, -0.2) is 19.1 Å². The molecule has 0 aliphatic heterocycles. The van der Waals surface area contributed by atoms with E-state index in [4.69, 9.17) is 9.97 Å². The smallest absolute Gasteiger partial charge is 0.195 e. The van der Waals surface area contributed by atoms with E-state index in [2.05, 4.69) is 191 Å². The van der Waals surface area contributed by atoms with E-state index in [-0.39, 0.29) is 0 Å². The highest BCUT2D eigenvalue weighted by atomic mass is 32.1. The monoisotopic (exact) mass is 750 g/mol. The fourth-order valence-electron chi connectivity index (χ4n) is 8.37. The Kier molecular flexibility index (Phi) is 6.93. The summed E-state index contributed by atoms with van der Waals surface area (Å²) in [6.07, 6.45) is 0. The van der Waals surface area contributed by atoms with Gasteiger partial charge < -0.3 is 4.57 Å². The van der Waals surface area contributed by atoms with E-state index in [1.165, 1.54) is 54.8 Å². The van der Waals surface area contributed by atoms with Crippen LogP contribution in [0.2, 0.25) is 0 Å². The highest BCUT2D eigenvalue weighted by Crippen LogP contribution is 2.40. The lowest BCUT2D eigenvalue weighted by molar-refractivity contribution is 1.15. The summed E-state index contributed by atoms with van der Waals surface area (Å²) in [7, 11) is 0. The van der Waals surface area contributed by atoms with Gasteiger partial charge in [-0.25, -0.2) is 9.97 Å². The Hall–Kier alpha value is -6.86. The van der Waals surface area contributed by atoms with E-state index in [1.54, 1.807) is 22.7 Å². The number of hydrogen-bond acceptors (Lipinski definition) is 4. The fraction of sp³-hybridized carbons (Fsp3) is 0. The molecule has 56 heavy (non-hydrogen) atoms. The third-order valence-electron chi connectivity index (χ3n) is 11.0. The first-order valence-corrected chi connectivity index (χ1v) is 20.4. The number of nitrogens with zero attached hydrogens (tertiary/aromatic N) is 4. The molecule has 0 fully saturated rings.